The molecule has 80 valence electrons. The van der Waals surface area contributed by atoms with E-state index in [1.807, 2.05) is 13.8 Å². The van der Waals surface area contributed by atoms with Crippen LogP contribution in [0.1, 0.15) is 20.3 Å². The number of carbonyl (C=O) groups is 1. The summed E-state index contributed by atoms with van der Waals surface area (Å²) in [5.41, 5.74) is 2.44. The molecule has 0 radical (unpaired) electrons. The highest BCUT2D eigenvalue weighted by Gasteiger charge is 2.38. The quantitative estimate of drug-likeness (QED) is 0.781. The van der Waals surface area contributed by atoms with Gasteiger partial charge in [-0.25, -0.2) is 0 Å². The number of carbonyl (C=O) groups excluding carboxylic acids is 1. The van der Waals surface area contributed by atoms with Gasteiger partial charge >= 0.3 is 0 Å². The molecule has 5 nitrogen and oxygen atoms in total. The second-order valence-corrected chi connectivity index (χ2v) is 4.46. The first-order chi connectivity index (χ1) is 6.99. The first kappa shape index (κ1) is 10.2. The van der Waals surface area contributed by atoms with Gasteiger partial charge in [-0.1, -0.05) is 11.6 Å². The second kappa shape index (κ2) is 3.34. The van der Waals surface area contributed by atoms with Crippen molar-refractivity contribution in [3.63, 3.8) is 0 Å². The number of hydrazine groups is 1. The zero-order valence-electron chi connectivity index (χ0n) is 8.49. The van der Waals surface area contributed by atoms with Gasteiger partial charge in [0.15, 0.2) is 11.0 Å². The standard InChI is InChI=1S/C9H11ClN4O/c1-9(2)5-8(15)13-14(9)7-4-3-6(10)11-12-7/h3-4H,5H2,1-2H3,(H,13,15). The number of halogens is 1. The SMILES string of the molecule is CC1(C)CC(=O)NN1c1ccc(Cl)nn1. The predicted molar refractivity (Wildman–Crippen MR) is 56.4 cm³/mol. The lowest BCUT2D eigenvalue weighted by Crippen LogP contribution is -2.45. The minimum absolute atomic E-state index is 0.0169. The van der Waals surface area contributed by atoms with Crippen LogP contribution in [0.25, 0.3) is 0 Å². The number of aromatic nitrogens is 2. The Hall–Kier alpha value is -1.36. The summed E-state index contributed by atoms with van der Waals surface area (Å²) < 4.78 is 0. The molecule has 0 saturated carbocycles. The van der Waals surface area contributed by atoms with Gasteiger partial charge < -0.3 is 0 Å². The van der Waals surface area contributed by atoms with Gasteiger partial charge in [0.05, 0.1) is 12.0 Å². The summed E-state index contributed by atoms with van der Waals surface area (Å²) in [7, 11) is 0. The number of hydrogen-bond donors (Lipinski definition) is 1. The number of anilines is 1. The molecule has 0 unspecified atom stereocenters. The molecule has 1 aromatic rings. The second-order valence-electron chi connectivity index (χ2n) is 4.07. The summed E-state index contributed by atoms with van der Waals surface area (Å²) in [4.78, 5) is 11.3. The fraction of sp³-hybridized carbons (Fsp3) is 0.444. The third-order valence-corrected chi connectivity index (χ3v) is 2.48. The predicted octanol–water partition coefficient (Wildman–Crippen LogP) is 1.15. The molecule has 2 heterocycles. The average Bonchev–Trinajstić information content (AvgIpc) is 2.41. The molecule has 1 aliphatic heterocycles. The Morgan fingerprint density at radius 2 is 2.20 bits per heavy atom. The summed E-state index contributed by atoms with van der Waals surface area (Å²) in [6.45, 7) is 3.92. The lowest BCUT2D eigenvalue weighted by Gasteiger charge is -2.29. The minimum Gasteiger partial charge on any atom is -0.273 e. The molecular formula is C9H11ClN4O. The number of rotatable bonds is 1. The Bertz CT molecular complexity index is 390. The maximum atomic E-state index is 11.3. The van der Waals surface area contributed by atoms with E-state index < -0.39 is 0 Å². The van der Waals surface area contributed by atoms with E-state index in [2.05, 4.69) is 15.6 Å². The third kappa shape index (κ3) is 1.87. The van der Waals surface area contributed by atoms with Crippen LogP contribution < -0.4 is 10.4 Å². The van der Waals surface area contributed by atoms with E-state index in [0.717, 1.165) is 0 Å². The molecule has 15 heavy (non-hydrogen) atoms. The van der Waals surface area contributed by atoms with Crippen molar-refractivity contribution in [3.8, 4) is 0 Å². The van der Waals surface area contributed by atoms with Crippen LogP contribution in [0.2, 0.25) is 5.15 Å². The maximum absolute atomic E-state index is 11.3. The van der Waals surface area contributed by atoms with E-state index in [4.69, 9.17) is 11.6 Å². The van der Waals surface area contributed by atoms with E-state index in [1.54, 1.807) is 17.1 Å². The molecule has 0 aliphatic carbocycles. The fourth-order valence-corrected chi connectivity index (χ4v) is 1.68. The van der Waals surface area contributed by atoms with Gasteiger partial charge in [-0.15, -0.1) is 10.2 Å². The van der Waals surface area contributed by atoms with Crippen LogP contribution in [-0.4, -0.2) is 21.6 Å². The molecule has 1 saturated heterocycles. The van der Waals surface area contributed by atoms with Crippen molar-refractivity contribution in [2.24, 2.45) is 0 Å². The molecule has 1 amide bonds. The molecule has 6 heteroatoms. The summed E-state index contributed by atoms with van der Waals surface area (Å²) in [5, 5.41) is 9.70. The van der Waals surface area contributed by atoms with Crippen molar-refractivity contribution in [2.75, 3.05) is 5.01 Å². The van der Waals surface area contributed by atoms with E-state index in [9.17, 15) is 4.79 Å². The van der Waals surface area contributed by atoms with E-state index in [1.165, 1.54) is 0 Å². The Labute approximate surface area is 92.4 Å². The van der Waals surface area contributed by atoms with Crippen molar-refractivity contribution in [2.45, 2.75) is 25.8 Å². The molecule has 1 N–H and O–H groups in total. The van der Waals surface area contributed by atoms with Gasteiger partial charge in [0.1, 0.15) is 0 Å². The van der Waals surface area contributed by atoms with Crippen LogP contribution >= 0.6 is 11.6 Å². The monoisotopic (exact) mass is 226 g/mol. The molecule has 1 aromatic heterocycles. The number of nitrogens with zero attached hydrogens (tertiary/aromatic N) is 3. The first-order valence-electron chi connectivity index (χ1n) is 4.58. The number of amides is 1. The molecule has 0 atom stereocenters. The van der Waals surface area contributed by atoms with Crippen LogP contribution in [0.15, 0.2) is 12.1 Å². The summed E-state index contributed by atoms with van der Waals surface area (Å²) in [6, 6.07) is 3.37. The fourth-order valence-electron chi connectivity index (χ4n) is 1.58. The molecule has 0 spiro atoms. The highest BCUT2D eigenvalue weighted by molar-refractivity contribution is 6.29. The molecular weight excluding hydrogens is 216 g/mol. The Morgan fingerprint density at radius 1 is 1.47 bits per heavy atom. The normalized spacial score (nSPS) is 19.1. The van der Waals surface area contributed by atoms with Gasteiger partial charge in [-0.2, -0.15) is 0 Å². The Balaban J connectivity index is 2.31. The van der Waals surface area contributed by atoms with Gasteiger partial charge in [-0.05, 0) is 26.0 Å². The van der Waals surface area contributed by atoms with E-state index in [0.29, 0.717) is 17.4 Å². The minimum atomic E-state index is -0.292. The van der Waals surface area contributed by atoms with Gasteiger partial charge in [-0.3, -0.25) is 15.2 Å². The van der Waals surface area contributed by atoms with Crippen molar-refractivity contribution in [1.29, 1.82) is 0 Å². The van der Waals surface area contributed by atoms with Crippen LogP contribution in [0.3, 0.4) is 0 Å². The van der Waals surface area contributed by atoms with E-state index in [-0.39, 0.29) is 11.4 Å². The van der Waals surface area contributed by atoms with Crippen LogP contribution in [0, 0.1) is 0 Å². The zero-order valence-corrected chi connectivity index (χ0v) is 9.25. The summed E-state index contributed by atoms with van der Waals surface area (Å²) in [5.74, 6) is 0.576. The molecule has 0 aromatic carbocycles. The highest BCUT2D eigenvalue weighted by Crippen LogP contribution is 2.27. The van der Waals surface area contributed by atoms with Crippen LogP contribution in [-0.2, 0) is 4.79 Å². The van der Waals surface area contributed by atoms with Gasteiger partial charge in [0.2, 0.25) is 5.91 Å². The first-order valence-corrected chi connectivity index (χ1v) is 4.96. The van der Waals surface area contributed by atoms with Crippen molar-refractivity contribution in [1.82, 2.24) is 15.6 Å². The summed E-state index contributed by atoms with van der Waals surface area (Å²) in [6.07, 6.45) is 0.442. The smallest absolute Gasteiger partial charge is 0.240 e. The Kier molecular flexibility index (Phi) is 2.26. The largest absolute Gasteiger partial charge is 0.273 e. The highest BCUT2D eigenvalue weighted by atomic mass is 35.5. The molecule has 0 bridgehead atoms. The van der Waals surface area contributed by atoms with Gasteiger partial charge in [0, 0.05) is 0 Å². The van der Waals surface area contributed by atoms with E-state index >= 15 is 0 Å². The Morgan fingerprint density at radius 3 is 2.67 bits per heavy atom. The van der Waals surface area contributed by atoms with Crippen molar-refractivity contribution >= 4 is 23.3 Å². The number of nitrogens with one attached hydrogen (secondary N) is 1. The lowest BCUT2D eigenvalue weighted by atomic mass is 10.0. The van der Waals surface area contributed by atoms with Crippen LogP contribution in [0.5, 0.6) is 0 Å². The maximum Gasteiger partial charge on any atom is 0.240 e. The van der Waals surface area contributed by atoms with Crippen molar-refractivity contribution in [3.05, 3.63) is 17.3 Å². The van der Waals surface area contributed by atoms with Crippen LogP contribution in [0.4, 0.5) is 5.82 Å². The molecule has 2 rings (SSSR count). The zero-order chi connectivity index (χ0) is 11.1. The lowest BCUT2D eigenvalue weighted by molar-refractivity contribution is -0.119. The number of hydrogen-bond acceptors (Lipinski definition) is 4. The average molecular weight is 227 g/mol. The molecule has 1 fully saturated rings. The third-order valence-electron chi connectivity index (χ3n) is 2.28. The van der Waals surface area contributed by atoms with Gasteiger partial charge in [0.25, 0.3) is 0 Å². The summed E-state index contributed by atoms with van der Waals surface area (Å²) >= 11 is 5.64. The van der Waals surface area contributed by atoms with Crippen molar-refractivity contribution < 1.29 is 4.79 Å². The molecule has 1 aliphatic rings. The topological polar surface area (TPSA) is 58.1 Å².